The molecule has 1 saturated heterocycles. The summed E-state index contributed by atoms with van der Waals surface area (Å²) in [7, 11) is 0. The predicted molar refractivity (Wildman–Crippen MR) is 75.3 cm³/mol. The summed E-state index contributed by atoms with van der Waals surface area (Å²) in [6.07, 6.45) is 6.76. The van der Waals surface area contributed by atoms with Crippen LogP contribution in [-0.4, -0.2) is 35.0 Å². The van der Waals surface area contributed by atoms with Crippen LogP contribution < -0.4 is 0 Å². The van der Waals surface area contributed by atoms with Crippen LogP contribution in [0.4, 0.5) is 0 Å². The molecule has 1 amide bonds. The van der Waals surface area contributed by atoms with Crippen LogP contribution in [0.25, 0.3) is 0 Å². The average molecular weight is 289 g/mol. The van der Waals surface area contributed by atoms with E-state index < -0.39 is 5.97 Å². The van der Waals surface area contributed by atoms with Crippen molar-refractivity contribution in [3.63, 3.8) is 0 Å². The van der Waals surface area contributed by atoms with E-state index >= 15 is 0 Å². The van der Waals surface area contributed by atoms with Gasteiger partial charge in [0.2, 0.25) is 5.91 Å². The van der Waals surface area contributed by atoms with Crippen molar-refractivity contribution in [2.75, 3.05) is 13.1 Å². The number of nitrogens with zero attached hydrogens (tertiary/aromatic N) is 1. The molecule has 4 heteroatoms. The fourth-order valence-corrected chi connectivity index (χ4v) is 6.29. The maximum atomic E-state index is 12.7. The van der Waals surface area contributed by atoms with Crippen molar-refractivity contribution in [1.29, 1.82) is 0 Å². The molecule has 5 rings (SSSR count). The fourth-order valence-electron chi connectivity index (χ4n) is 6.29. The molecule has 21 heavy (non-hydrogen) atoms. The van der Waals surface area contributed by atoms with Crippen LogP contribution in [0.3, 0.4) is 0 Å². The van der Waals surface area contributed by atoms with Gasteiger partial charge in [0.1, 0.15) is 0 Å². The SMILES string of the molecule is O=C(O)C1CC12CCN(C(=O)C1C3C4CCC(C4)C13)CC2. The van der Waals surface area contributed by atoms with E-state index in [1.54, 1.807) is 0 Å². The van der Waals surface area contributed by atoms with E-state index in [-0.39, 0.29) is 11.3 Å². The largest absolute Gasteiger partial charge is 0.481 e. The number of carbonyl (C=O) groups excluding carboxylic acids is 1. The topological polar surface area (TPSA) is 57.6 Å². The third-order valence-electron chi connectivity index (χ3n) is 7.58. The molecular weight excluding hydrogens is 266 g/mol. The number of likely N-dealkylation sites (tertiary alicyclic amines) is 1. The number of piperidine rings is 1. The van der Waals surface area contributed by atoms with Crippen molar-refractivity contribution in [2.45, 2.75) is 38.5 Å². The number of hydrogen-bond donors (Lipinski definition) is 1. The Morgan fingerprint density at radius 3 is 2.19 bits per heavy atom. The first-order chi connectivity index (χ1) is 10.1. The van der Waals surface area contributed by atoms with Crippen LogP contribution in [0.5, 0.6) is 0 Å². The molecule has 114 valence electrons. The third kappa shape index (κ3) is 1.56. The second-order valence-electron chi connectivity index (χ2n) is 8.30. The van der Waals surface area contributed by atoms with Gasteiger partial charge in [-0.2, -0.15) is 0 Å². The first-order valence-corrected chi connectivity index (χ1v) is 8.62. The Kier molecular flexibility index (Phi) is 2.27. The summed E-state index contributed by atoms with van der Waals surface area (Å²) >= 11 is 0. The molecule has 1 aliphatic heterocycles. The lowest BCUT2D eigenvalue weighted by Gasteiger charge is -2.33. The van der Waals surface area contributed by atoms with Gasteiger partial charge in [-0.15, -0.1) is 0 Å². The maximum absolute atomic E-state index is 12.7. The highest BCUT2D eigenvalue weighted by atomic mass is 16.4. The van der Waals surface area contributed by atoms with Gasteiger partial charge in [-0.25, -0.2) is 0 Å². The lowest BCUT2D eigenvalue weighted by atomic mass is 9.90. The van der Waals surface area contributed by atoms with E-state index in [4.69, 9.17) is 5.11 Å². The molecule has 4 aliphatic carbocycles. The van der Waals surface area contributed by atoms with Crippen LogP contribution in [-0.2, 0) is 9.59 Å². The minimum atomic E-state index is -0.636. The van der Waals surface area contributed by atoms with Crippen molar-refractivity contribution in [3.05, 3.63) is 0 Å². The molecule has 4 saturated carbocycles. The van der Waals surface area contributed by atoms with Crippen molar-refractivity contribution in [3.8, 4) is 0 Å². The Hall–Kier alpha value is -1.06. The van der Waals surface area contributed by atoms with Gasteiger partial charge in [0.25, 0.3) is 0 Å². The van der Waals surface area contributed by atoms with E-state index in [2.05, 4.69) is 4.90 Å². The van der Waals surface area contributed by atoms with Gasteiger partial charge in [0, 0.05) is 19.0 Å². The van der Waals surface area contributed by atoms with E-state index in [9.17, 15) is 9.59 Å². The fraction of sp³-hybridized carbons (Fsp3) is 0.882. The molecule has 1 heterocycles. The average Bonchev–Trinajstić information content (AvgIpc) is 3.30. The van der Waals surface area contributed by atoms with Crippen LogP contribution in [0.2, 0.25) is 0 Å². The summed E-state index contributed by atoms with van der Waals surface area (Å²) in [5.74, 6) is 3.13. The van der Waals surface area contributed by atoms with Crippen LogP contribution >= 0.6 is 0 Å². The van der Waals surface area contributed by atoms with E-state index in [1.807, 2.05) is 0 Å². The smallest absolute Gasteiger partial charge is 0.307 e. The summed E-state index contributed by atoms with van der Waals surface area (Å²) in [4.78, 5) is 25.9. The number of rotatable bonds is 2. The highest BCUT2D eigenvalue weighted by Crippen LogP contribution is 2.70. The van der Waals surface area contributed by atoms with Gasteiger partial charge < -0.3 is 10.0 Å². The van der Waals surface area contributed by atoms with Crippen LogP contribution in [0.15, 0.2) is 0 Å². The summed E-state index contributed by atoms with van der Waals surface area (Å²) in [6.45, 7) is 1.60. The van der Waals surface area contributed by atoms with Crippen molar-refractivity contribution in [1.82, 2.24) is 4.90 Å². The molecule has 5 aliphatic rings. The zero-order valence-corrected chi connectivity index (χ0v) is 12.3. The lowest BCUT2D eigenvalue weighted by Crippen LogP contribution is -2.41. The molecule has 0 radical (unpaired) electrons. The van der Waals surface area contributed by atoms with Gasteiger partial charge in [-0.3, -0.25) is 9.59 Å². The van der Waals surface area contributed by atoms with Crippen LogP contribution in [0, 0.1) is 40.9 Å². The second-order valence-corrected chi connectivity index (χ2v) is 8.30. The molecule has 0 aromatic carbocycles. The molecule has 1 N–H and O–H groups in total. The van der Waals surface area contributed by atoms with Crippen molar-refractivity contribution in [2.24, 2.45) is 40.9 Å². The summed E-state index contributed by atoms with van der Waals surface area (Å²) in [6, 6.07) is 0. The lowest BCUT2D eigenvalue weighted by molar-refractivity contribution is -0.140. The number of hydrogen-bond acceptors (Lipinski definition) is 2. The van der Waals surface area contributed by atoms with Crippen LogP contribution in [0.1, 0.15) is 38.5 Å². The highest BCUT2D eigenvalue weighted by molar-refractivity contribution is 5.83. The van der Waals surface area contributed by atoms with Crippen molar-refractivity contribution >= 4 is 11.9 Å². The molecule has 5 fully saturated rings. The van der Waals surface area contributed by atoms with Gasteiger partial charge in [0.15, 0.2) is 0 Å². The second kappa shape index (κ2) is 3.82. The first kappa shape index (κ1) is 12.5. The Labute approximate surface area is 124 Å². The summed E-state index contributed by atoms with van der Waals surface area (Å²) in [5, 5.41) is 9.14. The van der Waals surface area contributed by atoms with E-state index in [0.717, 1.165) is 56.0 Å². The molecule has 5 unspecified atom stereocenters. The molecule has 4 nitrogen and oxygen atoms in total. The zero-order chi connectivity index (χ0) is 14.4. The quantitative estimate of drug-likeness (QED) is 0.846. The standard InChI is InChI=1S/C17H23NO3/c19-15(14-12-9-1-2-10(7-9)13(12)14)18-5-3-17(4-6-18)8-11(17)16(20)21/h9-14H,1-8H2,(H,20,21). The number of carboxylic acid groups (broad SMARTS) is 1. The number of carbonyl (C=O) groups is 2. The Bertz CT molecular complexity index is 506. The Morgan fingerprint density at radius 2 is 1.67 bits per heavy atom. The van der Waals surface area contributed by atoms with Gasteiger partial charge in [-0.1, -0.05) is 0 Å². The minimum Gasteiger partial charge on any atom is -0.481 e. The van der Waals surface area contributed by atoms with Gasteiger partial charge in [-0.05, 0) is 67.6 Å². The van der Waals surface area contributed by atoms with Gasteiger partial charge in [0.05, 0.1) is 5.92 Å². The molecular formula is C17H23NO3. The number of amides is 1. The number of carboxylic acids is 1. The monoisotopic (exact) mass is 289 g/mol. The summed E-state index contributed by atoms with van der Waals surface area (Å²) < 4.78 is 0. The number of aliphatic carboxylic acids is 1. The van der Waals surface area contributed by atoms with Crippen molar-refractivity contribution < 1.29 is 14.7 Å². The Balaban J connectivity index is 1.22. The van der Waals surface area contributed by atoms with E-state index in [1.165, 1.54) is 19.3 Å². The van der Waals surface area contributed by atoms with E-state index in [0.29, 0.717) is 11.8 Å². The minimum absolute atomic E-state index is 0.0427. The summed E-state index contributed by atoms with van der Waals surface area (Å²) in [5.41, 5.74) is 0.0427. The highest BCUT2D eigenvalue weighted by Gasteiger charge is 2.68. The molecule has 0 aromatic heterocycles. The Morgan fingerprint density at radius 1 is 1.05 bits per heavy atom. The molecule has 1 spiro atoms. The number of fused-ring (bicyclic) bond motifs is 5. The zero-order valence-electron chi connectivity index (χ0n) is 12.3. The third-order valence-corrected chi connectivity index (χ3v) is 7.58. The first-order valence-electron chi connectivity index (χ1n) is 8.62. The molecule has 0 aromatic rings. The van der Waals surface area contributed by atoms with Gasteiger partial charge >= 0.3 is 5.97 Å². The molecule has 5 atom stereocenters. The molecule has 2 bridgehead atoms. The normalized spacial score (nSPS) is 48.3. The maximum Gasteiger partial charge on any atom is 0.307 e. The predicted octanol–water partition coefficient (Wildman–Crippen LogP) is 1.99.